The van der Waals surface area contributed by atoms with Crippen molar-refractivity contribution in [3.63, 3.8) is 0 Å². The summed E-state index contributed by atoms with van der Waals surface area (Å²) in [6.45, 7) is 6.38. The van der Waals surface area contributed by atoms with Crippen LogP contribution < -0.4 is 0 Å². The molecule has 0 aliphatic heterocycles. The van der Waals surface area contributed by atoms with E-state index < -0.39 is 10.9 Å². The molecule has 0 atom stereocenters. The minimum atomic E-state index is -1.06. The van der Waals surface area contributed by atoms with Gasteiger partial charge in [-0.1, -0.05) is 43.7 Å². The van der Waals surface area contributed by atoms with Gasteiger partial charge in [0.05, 0.1) is 4.92 Å². The van der Waals surface area contributed by atoms with Crippen LogP contribution in [0.4, 0.5) is 0 Å². The van der Waals surface area contributed by atoms with E-state index in [0.29, 0.717) is 0 Å². The van der Waals surface area contributed by atoms with Gasteiger partial charge in [-0.15, -0.1) is 0 Å². The summed E-state index contributed by atoms with van der Waals surface area (Å²) in [4.78, 5) is 21.0. The quantitative estimate of drug-likeness (QED) is 0.340. The fraction of sp³-hybridized carbons (Fsp3) is 0.389. The van der Waals surface area contributed by atoms with Gasteiger partial charge >= 0.3 is 5.97 Å². The highest BCUT2D eigenvalue weighted by molar-refractivity contribution is 5.80. The molecule has 1 aliphatic rings. The topological polar surface area (TPSA) is 80.4 Å². The van der Waals surface area contributed by atoms with Crippen LogP contribution in [0.5, 0.6) is 0 Å². The van der Waals surface area contributed by atoms with Crippen molar-refractivity contribution < 1.29 is 14.8 Å². The first-order chi connectivity index (χ1) is 10.7. The van der Waals surface area contributed by atoms with Gasteiger partial charge in [0.1, 0.15) is 0 Å². The van der Waals surface area contributed by atoms with Gasteiger partial charge in [-0.05, 0) is 37.2 Å². The number of hydrogen-bond donors (Lipinski definition) is 1. The smallest absolute Gasteiger partial charge is 0.328 e. The Morgan fingerprint density at radius 3 is 2.52 bits per heavy atom. The zero-order valence-corrected chi connectivity index (χ0v) is 13.8. The third-order valence-electron chi connectivity index (χ3n) is 3.90. The summed E-state index contributed by atoms with van der Waals surface area (Å²) < 4.78 is 0. The van der Waals surface area contributed by atoms with E-state index in [1.165, 1.54) is 36.0 Å². The molecule has 0 unspecified atom stereocenters. The molecule has 5 nitrogen and oxygen atoms in total. The number of rotatable bonds is 6. The van der Waals surface area contributed by atoms with Crippen LogP contribution in [0, 0.1) is 15.5 Å². The predicted molar refractivity (Wildman–Crippen MR) is 90.5 cm³/mol. The van der Waals surface area contributed by atoms with Gasteiger partial charge in [0, 0.05) is 18.2 Å². The molecule has 0 aromatic heterocycles. The molecule has 0 radical (unpaired) electrons. The van der Waals surface area contributed by atoms with Crippen molar-refractivity contribution in [2.75, 3.05) is 0 Å². The van der Waals surface area contributed by atoms with Crippen LogP contribution in [0.3, 0.4) is 0 Å². The van der Waals surface area contributed by atoms with Crippen LogP contribution >= 0.6 is 0 Å². The van der Waals surface area contributed by atoms with Crippen LogP contribution in [-0.2, 0) is 4.79 Å². The minimum absolute atomic E-state index is 0.0284. The molecular weight excluding hydrogens is 294 g/mol. The van der Waals surface area contributed by atoms with Crippen molar-refractivity contribution in [2.45, 2.75) is 40.0 Å². The summed E-state index contributed by atoms with van der Waals surface area (Å²) in [5.41, 5.74) is 2.43. The molecule has 0 aromatic rings. The average Bonchev–Trinajstić information content (AvgIpc) is 2.42. The highest BCUT2D eigenvalue weighted by Gasteiger charge is 2.26. The van der Waals surface area contributed by atoms with Gasteiger partial charge in [-0.25, -0.2) is 4.79 Å². The summed E-state index contributed by atoms with van der Waals surface area (Å²) in [6, 6.07) is 0. The molecule has 5 heteroatoms. The molecule has 1 aliphatic carbocycles. The maximum Gasteiger partial charge on any atom is 0.328 e. The number of nitro groups is 1. The van der Waals surface area contributed by atoms with Crippen molar-refractivity contribution >= 4 is 5.97 Å². The highest BCUT2D eigenvalue weighted by Crippen LogP contribution is 2.40. The first kappa shape index (κ1) is 18.6. The van der Waals surface area contributed by atoms with E-state index in [0.717, 1.165) is 30.9 Å². The molecule has 23 heavy (non-hydrogen) atoms. The first-order valence-corrected chi connectivity index (χ1v) is 7.54. The molecule has 0 saturated heterocycles. The number of carboxylic acids is 1. The highest BCUT2D eigenvalue weighted by atomic mass is 16.6. The van der Waals surface area contributed by atoms with Crippen molar-refractivity contribution in [3.05, 3.63) is 69.5 Å². The lowest BCUT2D eigenvalue weighted by molar-refractivity contribution is -0.419. The molecule has 124 valence electrons. The van der Waals surface area contributed by atoms with Crippen LogP contribution in [0.25, 0.3) is 0 Å². The third-order valence-corrected chi connectivity index (χ3v) is 3.90. The SMILES string of the molecule is CC1=C(/C=C/C(=C/C=C/C=C/C(=O)O)[N+](=O)[O-])C(C)(C)CCC1. The van der Waals surface area contributed by atoms with Gasteiger partial charge in [0.2, 0.25) is 0 Å². The van der Waals surface area contributed by atoms with Gasteiger partial charge in [0.15, 0.2) is 0 Å². The molecule has 0 fully saturated rings. The van der Waals surface area contributed by atoms with E-state index in [4.69, 9.17) is 5.11 Å². The maximum absolute atomic E-state index is 11.1. The maximum atomic E-state index is 11.1. The van der Waals surface area contributed by atoms with Crippen molar-refractivity contribution in [2.24, 2.45) is 5.41 Å². The van der Waals surface area contributed by atoms with Crippen molar-refractivity contribution in [1.29, 1.82) is 0 Å². The Morgan fingerprint density at radius 2 is 1.96 bits per heavy atom. The second-order valence-corrected chi connectivity index (χ2v) is 6.20. The van der Waals surface area contributed by atoms with E-state index in [-0.39, 0.29) is 11.1 Å². The second-order valence-electron chi connectivity index (χ2n) is 6.20. The van der Waals surface area contributed by atoms with Crippen LogP contribution in [0.15, 0.2) is 59.4 Å². The number of carboxylic acid groups (broad SMARTS) is 1. The summed E-state index contributed by atoms with van der Waals surface area (Å²) in [7, 11) is 0. The van der Waals surface area contributed by atoms with Crippen molar-refractivity contribution in [3.8, 4) is 0 Å². The molecule has 0 aromatic carbocycles. The van der Waals surface area contributed by atoms with Gasteiger partial charge < -0.3 is 5.11 Å². The molecule has 1 rings (SSSR count). The number of aliphatic carboxylic acids is 1. The van der Waals surface area contributed by atoms with Crippen LogP contribution in [0.1, 0.15) is 40.0 Å². The Kier molecular flexibility index (Phi) is 6.69. The lowest BCUT2D eigenvalue weighted by atomic mass is 9.72. The monoisotopic (exact) mass is 317 g/mol. The molecule has 0 amide bonds. The first-order valence-electron chi connectivity index (χ1n) is 7.54. The van der Waals surface area contributed by atoms with E-state index in [9.17, 15) is 14.9 Å². The normalized spacial score (nSPS) is 19.2. The lowest BCUT2D eigenvalue weighted by Gasteiger charge is -2.32. The Labute approximate surface area is 136 Å². The molecule has 0 spiro atoms. The lowest BCUT2D eigenvalue weighted by Crippen LogP contribution is -2.19. The molecule has 0 saturated carbocycles. The second kappa shape index (κ2) is 8.27. The standard InChI is InChI=1S/C18H23NO4/c1-14-8-7-13-18(2,3)16(14)12-11-15(19(22)23)9-5-4-6-10-17(20)21/h4-6,9-12H,7-8,13H2,1-3H3,(H,20,21)/b5-4+,10-6+,12-11+,15-9-. The van der Waals surface area contributed by atoms with E-state index in [1.807, 2.05) is 6.08 Å². The summed E-state index contributed by atoms with van der Waals surface area (Å²) in [6.07, 6.45) is 13.1. The Balaban J connectivity index is 2.95. The zero-order valence-electron chi connectivity index (χ0n) is 13.8. The Morgan fingerprint density at radius 1 is 1.26 bits per heavy atom. The van der Waals surface area contributed by atoms with Gasteiger partial charge in [-0.3, -0.25) is 10.1 Å². The Bertz CT molecular complexity index is 619. The average molecular weight is 317 g/mol. The molecular formula is C18H23NO4. The van der Waals surface area contributed by atoms with Crippen molar-refractivity contribution in [1.82, 2.24) is 0 Å². The number of carbonyl (C=O) groups is 1. The predicted octanol–water partition coefficient (Wildman–Crippen LogP) is 4.43. The van der Waals surface area contributed by atoms with Gasteiger partial charge in [-0.2, -0.15) is 0 Å². The molecule has 0 heterocycles. The van der Waals surface area contributed by atoms with Crippen LogP contribution in [-0.4, -0.2) is 16.0 Å². The minimum Gasteiger partial charge on any atom is -0.478 e. The zero-order chi connectivity index (χ0) is 17.5. The summed E-state index contributed by atoms with van der Waals surface area (Å²) >= 11 is 0. The fourth-order valence-electron chi connectivity index (χ4n) is 2.71. The summed E-state index contributed by atoms with van der Waals surface area (Å²) in [5.74, 6) is -1.06. The Hall–Kier alpha value is -2.43. The van der Waals surface area contributed by atoms with Gasteiger partial charge in [0.25, 0.3) is 5.70 Å². The fourth-order valence-corrected chi connectivity index (χ4v) is 2.71. The summed E-state index contributed by atoms with van der Waals surface area (Å²) in [5, 5.41) is 19.6. The number of allylic oxidation sites excluding steroid dienone is 8. The number of nitrogens with zero attached hydrogens (tertiary/aromatic N) is 1. The molecule has 1 N–H and O–H groups in total. The largest absolute Gasteiger partial charge is 0.478 e. The van der Waals surface area contributed by atoms with E-state index in [2.05, 4.69) is 20.8 Å². The molecule has 0 bridgehead atoms. The van der Waals surface area contributed by atoms with E-state index >= 15 is 0 Å². The van der Waals surface area contributed by atoms with E-state index in [1.54, 1.807) is 0 Å². The number of hydrogen-bond acceptors (Lipinski definition) is 3. The third kappa shape index (κ3) is 6.06. The van der Waals surface area contributed by atoms with Crippen LogP contribution in [0.2, 0.25) is 0 Å².